The number of piperazine rings is 1. The summed E-state index contributed by atoms with van der Waals surface area (Å²) in [4.78, 5) is 13.8. The molecule has 0 atom stereocenters. The minimum Gasteiger partial charge on any atom is -0.468 e. The molecule has 1 aromatic heterocycles. The van der Waals surface area contributed by atoms with Crippen molar-refractivity contribution in [3.8, 4) is 0 Å². The Kier molecular flexibility index (Phi) is 3.60. The average Bonchev–Trinajstić information content (AvgIpc) is 2.81. The molecule has 0 unspecified atom stereocenters. The van der Waals surface area contributed by atoms with Crippen LogP contribution in [0.5, 0.6) is 0 Å². The summed E-state index contributed by atoms with van der Waals surface area (Å²) in [6.07, 6.45) is -3.22. The Morgan fingerprint density at radius 1 is 1.28 bits per heavy atom. The normalized spacial score (nSPS) is 18.1. The molecule has 18 heavy (non-hydrogen) atoms. The van der Waals surface area contributed by atoms with E-state index in [1.165, 1.54) is 0 Å². The number of carbonyl (C=O) groups excluding carboxylic acids is 1. The largest absolute Gasteiger partial charge is 0.471 e. The zero-order valence-electron chi connectivity index (χ0n) is 9.61. The first-order valence-corrected chi connectivity index (χ1v) is 5.57. The molecule has 1 saturated heterocycles. The molecule has 0 saturated carbocycles. The molecule has 1 aliphatic rings. The summed E-state index contributed by atoms with van der Waals surface area (Å²) >= 11 is 0. The van der Waals surface area contributed by atoms with E-state index in [4.69, 9.17) is 4.42 Å². The molecular formula is C11H13F3N2O2. The van der Waals surface area contributed by atoms with Crippen LogP contribution in [0.2, 0.25) is 0 Å². The van der Waals surface area contributed by atoms with Gasteiger partial charge in [-0.25, -0.2) is 0 Å². The fourth-order valence-corrected chi connectivity index (χ4v) is 1.91. The second kappa shape index (κ2) is 5.01. The lowest BCUT2D eigenvalue weighted by Crippen LogP contribution is -2.51. The SMILES string of the molecule is O=C(N1CCN(Cc2ccco2)CC1)C(F)(F)F. The van der Waals surface area contributed by atoms with E-state index in [1.54, 1.807) is 12.3 Å². The van der Waals surface area contributed by atoms with Crippen molar-refractivity contribution in [3.05, 3.63) is 24.2 Å². The lowest BCUT2D eigenvalue weighted by atomic mass is 10.3. The van der Waals surface area contributed by atoms with E-state index in [9.17, 15) is 18.0 Å². The molecule has 4 nitrogen and oxygen atoms in total. The van der Waals surface area contributed by atoms with Gasteiger partial charge in [0, 0.05) is 26.2 Å². The molecular weight excluding hydrogens is 249 g/mol. The Labute approximate surface area is 102 Å². The fraction of sp³-hybridized carbons (Fsp3) is 0.545. The van der Waals surface area contributed by atoms with Gasteiger partial charge in [-0.3, -0.25) is 9.69 Å². The maximum atomic E-state index is 12.2. The molecule has 1 fully saturated rings. The van der Waals surface area contributed by atoms with Gasteiger partial charge in [0.2, 0.25) is 0 Å². The molecule has 2 rings (SSSR count). The predicted molar refractivity (Wildman–Crippen MR) is 56.6 cm³/mol. The van der Waals surface area contributed by atoms with Crippen LogP contribution in [0, 0.1) is 0 Å². The topological polar surface area (TPSA) is 36.7 Å². The Morgan fingerprint density at radius 3 is 2.44 bits per heavy atom. The zero-order chi connectivity index (χ0) is 13.2. The molecule has 0 aromatic carbocycles. The molecule has 1 amide bonds. The summed E-state index contributed by atoms with van der Waals surface area (Å²) in [6.45, 7) is 1.59. The molecule has 0 radical (unpaired) electrons. The number of halogens is 3. The summed E-state index contributed by atoms with van der Waals surface area (Å²) in [5, 5.41) is 0. The third kappa shape index (κ3) is 3.04. The van der Waals surface area contributed by atoms with Gasteiger partial charge in [-0.2, -0.15) is 13.2 Å². The van der Waals surface area contributed by atoms with E-state index in [0.717, 1.165) is 10.7 Å². The van der Waals surface area contributed by atoms with E-state index in [-0.39, 0.29) is 13.1 Å². The van der Waals surface area contributed by atoms with E-state index in [0.29, 0.717) is 19.6 Å². The maximum absolute atomic E-state index is 12.2. The number of nitrogens with zero attached hydrogens (tertiary/aromatic N) is 2. The van der Waals surface area contributed by atoms with Crippen LogP contribution >= 0.6 is 0 Å². The minimum atomic E-state index is -4.77. The van der Waals surface area contributed by atoms with Gasteiger partial charge >= 0.3 is 12.1 Å². The highest BCUT2D eigenvalue weighted by Gasteiger charge is 2.43. The fourth-order valence-electron chi connectivity index (χ4n) is 1.91. The van der Waals surface area contributed by atoms with Crippen molar-refractivity contribution in [1.29, 1.82) is 0 Å². The van der Waals surface area contributed by atoms with Crippen molar-refractivity contribution in [2.45, 2.75) is 12.7 Å². The molecule has 100 valence electrons. The summed E-state index contributed by atoms with van der Waals surface area (Å²) in [6, 6.07) is 3.58. The van der Waals surface area contributed by atoms with Crippen molar-refractivity contribution in [3.63, 3.8) is 0 Å². The van der Waals surface area contributed by atoms with Crippen molar-refractivity contribution in [2.24, 2.45) is 0 Å². The average molecular weight is 262 g/mol. The standard InChI is InChI=1S/C11H13F3N2O2/c12-11(13,14)10(17)16-5-3-15(4-6-16)8-9-2-1-7-18-9/h1-2,7H,3-6,8H2. The number of hydrogen-bond acceptors (Lipinski definition) is 3. The molecule has 0 spiro atoms. The zero-order valence-corrected chi connectivity index (χ0v) is 9.61. The molecule has 1 aromatic rings. The van der Waals surface area contributed by atoms with Gasteiger partial charge in [0.15, 0.2) is 0 Å². The highest BCUT2D eigenvalue weighted by atomic mass is 19.4. The highest BCUT2D eigenvalue weighted by molar-refractivity contribution is 5.81. The highest BCUT2D eigenvalue weighted by Crippen LogP contribution is 2.19. The van der Waals surface area contributed by atoms with Crippen molar-refractivity contribution >= 4 is 5.91 Å². The molecule has 0 bridgehead atoms. The van der Waals surface area contributed by atoms with Gasteiger partial charge in [-0.05, 0) is 12.1 Å². The van der Waals surface area contributed by atoms with Crippen LogP contribution in [0.3, 0.4) is 0 Å². The third-order valence-corrected chi connectivity index (χ3v) is 2.86. The van der Waals surface area contributed by atoms with Crippen LogP contribution in [-0.4, -0.2) is 48.1 Å². The van der Waals surface area contributed by atoms with Crippen LogP contribution in [0.25, 0.3) is 0 Å². The van der Waals surface area contributed by atoms with Gasteiger partial charge in [0.25, 0.3) is 0 Å². The minimum absolute atomic E-state index is 0.0963. The van der Waals surface area contributed by atoms with Gasteiger partial charge < -0.3 is 9.32 Å². The van der Waals surface area contributed by atoms with Crippen molar-refractivity contribution < 1.29 is 22.4 Å². The van der Waals surface area contributed by atoms with E-state index >= 15 is 0 Å². The van der Waals surface area contributed by atoms with Crippen LogP contribution in [-0.2, 0) is 11.3 Å². The van der Waals surface area contributed by atoms with E-state index in [2.05, 4.69) is 0 Å². The number of carbonyl (C=O) groups is 1. The second-order valence-corrected chi connectivity index (χ2v) is 4.15. The number of amides is 1. The molecule has 0 N–H and O–H groups in total. The Hall–Kier alpha value is -1.50. The van der Waals surface area contributed by atoms with Gasteiger partial charge in [-0.15, -0.1) is 0 Å². The Balaban J connectivity index is 1.83. The number of furan rings is 1. The van der Waals surface area contributed by atoms with Crippen molar-refractivity contribution in [1.82, 2.24) is 9.80 Å². The lowest BCUT2D eigenvalue weighted by Gasteiger charge is -2.34. The predicted octanol–water partition coefficient (Wildman–Crippen LogP) is 1.49. The van der Waals surface area contributed by atoms with Gasteiger partial charge in [0.1, 0.15) is 5.76 Å². The first-order valence-electron chi connectivity index (χ1n) is 5.57. The number of rotatable bonds is 2. The maximum Gasteiger partial charge on any atom is 0.471 e. The van der Waals surface area contributed by atoms with Crippen LogP contribution in [0.4, 0.5) is 13.2 Å². The van der Waals surface area contributed by atoms with Crippen LogP contribution < -0.4 is 0 Å². The summed E-state index contributed by atoms with van der Waals surface area (Å²) in [5.41, 5.74) is 0. The third-order valence-electron chi connectivity index (χ3n) is 2.86. The Morgan fingerprint density at radius 2 is 1.94 bits per heavy atom. The second-order valence-electron chi connectivity index (χ2n) is 4.15. The number of hydrogen-bond donors (Lipinski definition) is 0. The lowest BCUT2D eigenvalue weighted by molar-refractivity contribution is -0.187. The first kappa shape index (κ1) is 12.9. The molecule has 0 aliphatic carbocycles. The van der Waals surface area contributed by atoms with Gasteiger partial charge in [-0.1, -0.05) is 0 Å². The monoisotopic (exact) mass is 262 g/mol. The van der Waals surface area contributed by atoms with Crippen molar-refractivity contribution in [2.75, 3.05) is 26.2 Å². The molecule has 7 heteroatoms. The quantitative estimate of drug-likeness (QED) is 0.810. The first-order chi connectivity index (χ1) is 8.47. The smallest absolute Gasteiger partial charge is 0.468 e. The van der Waals surface area contributed by atoms with Crippen LogP contribution in [0.15, 0.2) is 22.8 Å². The summed E-state index contributed by atoms with van der Waals surface area (Å²) in [7, 11) is 0. The number of alkyl halides is 3. The van der Waals surface area contributed by atoms with E-state index in [1.807, 2.05) is 11.0 Å². The van der Waals surface area contributed by atoms with Gasteiger partial charge in [0.05, 0.1) is 12.8 Å². The van der Waals surface area contributed by atoms with Crippen LogP contribution in [0.1, 0.15) is 5.76 Å². The summed E-state index contributed by atoms with van der Waals surface area (Å²) in [5.74, 6) is -0.981. The molecule has 1 aliphatic heterocycles. The molecule has 2 heterocycles. The Bertz CT molecular complexity index is 395. The summed E-state index contributed by atoms with van der Waals surface area (Å²) < 4.78 is 41.8. The van der Waals surface area contributed by atoms with E-state index < -0.39 is 12.1 Å².